The van der Waals surface area contributed by atoms with Crippen molar-refractivity contribution >= 4 is 5.82 Å². The number of hydrogen-bond donors (Lipinski definition) is 1. The van der Waals surface area contributed by atoms with Gasteiger partial charge < -0.3 is 19.9 Å². The van der Waals surface area contributed by atoms with Gasteiger partial charge in [0.05, 0.1) is 26.9 Å². The molecule has 0 radical (unpaired) electrons. The van der Waals surface area contributed by atoms with Gasteiger partial charge in [0, 0.05) is 12.3 Å². The summed E-state index contributed by atoms with van der Waals surface area (Å²) in [6, 6.07) is 5.10. The summed E-state index contributed by atoms with van der Waals surface area (Å²) in [6.07, 6.45) is 1.59. The molecule has 0 bridgehead atoms. The molecular formula is C13H15N3O3. The maximum Gasteiger partial charge on any atom is 0.165 e. The van der Waals surface area contributed by atoms with E-state index < -0.39 is 0 Å². The van der Waals surface area contributed by atoms with E-state index >= 15 is 0 Å². The van der Waals surface area contributed by atoms with E-state index in [1.807, 2.05) is 0 Å². The fourth-order valence-electron chi connectivity index (χ4n) is 1.71. The molecule has 100 valence electrons. The van der Waals surface area contributed by atoms with E-state index in [0.29, 0.717) is 34.5 Å². The number of methoxy groups -OCH3 is 3. The van der Waals surface area contributed by atoms with E-state index in [9.17, 15) is 0 Å². The predicted molar refractivity (Wildman–Crippen MR) is 71.5 cm³/mol. The molecule has 0 amide bonds. The van der Waals surface area contributed by atoms with Crippen molar-refractivity contribution < 1.29 is 14.2 Å². The van der Waals surface area contributed by atoms with Gasteiger partial charge in [-0.25, -0.2) is 9.97 Å². The Balaban J connectivity index is 2.61. The quantitative estimate of drug-likeness (QED) is 0.903. The Bertz CT molecular complexity index is 587. The Labute approximate surface area is 111 Å². The van der Waals surface area contributed by atoms with Crippen molar-refractivity contribution in [3.8, 4) is 28.6 Å². The van der Waals surface area contributed by atoms with Crippen molar-refractivity contribution in [2.24, 2.45) is 0 Å². The summed E-state index contributed by atoms with van der Waals surface area (Å²) in [7, 11) is 4.69. The summed E-state index contributed by atoms with van der Waals surface area (Å²) in [4.78, 5) is 8.36. The largest absolute Gasteiger partial charge is 0.496 e. The molecule has 2 aromatic rings. The maximum absolute atomic E-state index is 5.67. The summed E-state index contributed by atoms with van der Waals surface area (Å²) in [5.41, 5.74) is 6.35. The molecule has 0 atom stereocenters. The molecule has 0 fully saturated rings. The van der Waals surface area contributed by atoms with Crippen molar-refractivity contribution in [1.29, 1.82) is 0 Å². The second-order valence-corrected chi connectivity index (χ2v) is 3.71. The molecule has 0 aliphatic heterocycles. The first-order chi connectivity index (χ1) is 9.19. The lowest BCUT2D eigenvalue weighted by Gasteiger charge is -2.13. The molecule has 1 heterocycles. The number of aromatic nitrogens is 2. The van der Waals surface area contributed by atoms with Crippen LogP contribution < -0.4 is 19.9 Å². The van der Waals surface area contributed by atoms with Crippen LogP contribution in [0.3, 0.4) is 0 Å². The van der Waals surface area contributed by atoms with Gasteiger partial charge in [-0.1, -0.05) is 0 Å². The van der Waals surface area contributed by atoms with Gasteiger partial charge >= 0.3 is 0 Å². The number of benzene rings is 1. The third-order valence-corrected chi connectivity index (χ3v) is 2.62. The molecule has 0 aliphatic rings. The SMILES string of the molecule is COc1cc(OC)c(-c2nccc(N)n2)cc1OC. The van der Waals surface area contributed by atoms with Crippen LogP contribution in [0.1, 0.15) is 0 Å². The van der Waals surface area contributed by atoms with Gasteiger partial charge in [0.2, 0.25) is 0 Å². The van der Waals surface area contributed by atoms with Crippen molar-refractivity contribution in [3.05, 3.63) is 24.4 Å². The first kappa shape index (κ1) is 12.9. The second-order valence-electron chi connectivity index (χ2n) is 3.71. The zero-order valence-corrected chi connectivity index (χ0v) is 11.0. The molecule has 6 heteroatoms. The average Bonchev–Trinajstić information content (AvgIpc) is 2.45. The van der Waals surface area contributed by atoms with Crippen LogP contribution in [0.4, 0.5) is 5.82 Å². The molecular weight excluding hydrogens is 246 g/mol. The Morgan fingerprint density at radius 2 is 1.58 bits per heavy atom. The van der Waals surface area contributed by atoms with Crippen LogP contribution in [0.25, 0.3) is 11.4 Å². The molecule has 0 aliphatic carbocycles. The number of nitrogens with two attached hydrogens (primary N) is 1. The lowest BCUT2D eigenvalue weighted by molar-refractivity contribution is 0.349. The van der Waals surface area contributed by atoms with Gasteiger partial charge in [0.15, 0.2) is 17.3 Å². The van der Waals surface area contributed by atoms with Gasteiger partial charge in [0.1, 0.15) is 11.6 Å². The highest BCUT2D eigenvalue weighted by molar-refractivity contribution is 5.70. The summed E-state index contributed by atoms with van der Waals surface area (Å²) >= 11 is 0. The smallest absolute Gasteiger partial charge is 0.165 e. The lowest BCUT2D eigenvalue weighted by atomic mass is 10.1. The van der Waals surface area contributed by atoms with Crippen molar-refractivity contribution in [1.82, 2.24) is 9.97 Å². The number of nitrogen functional groups attached to an aromatic ring is 1. The molecule has 0 saturated heterocycles. The summed E-state index contributed by atoms with van der Waals surface area (Å²) in [5.74, 6) is 2.60. The van der Waals surface area contributed by atoms with Crippen molar-refractivity contribution in [2.45, 2.75) is 0 Å². The molecule has 0 saturated carbocycles. The minimum Gasteiger partial charge on any atom is -0.496 e. The highest BCUT2D eigenvalue weighted by Gasteiger charge is 2.15. The third kappa shape index (κ3) is 2.52. The number of nitrogens with zero attached hydrogens (tertiary/aromatic N) is 2. The van der Waals surface area contributed by atoms with Crippen LogP contribution in [0.15, 0.2) is 24.4 Å². The summed E-state index contributed by atoms with van der Waals surface area (Å²) in [5, 5.41) is 0. The summed E-state index contributed by atoms with van der Waals surface area (Å²) < 4.78 is 15.8. The summed E-state index contributed by atoms with van der Waals surface area (Å²) in [6.45, 7) is 0. The lowest BCUT2D eigenvalue weighted by Crippen LogP contribution is -1.98. The molecule has 1 aromatic heterocycles. The van der Waals surface area contributed by atoms with Crippen LogP contribution in [0, 0.1) is 0 Å². The van der Waals surface area contributed by atoms with Gasteiger partial charge in [-0.15, -0.1) is 0 Å². The Morgan fingerprint density at radius 1 is 0.947 bits per heavy atom. The van der Waals surface area contributed by atoms with Gasteiger partial charge in [-0.3, -0.25) is 0 Å². The van der Waals surface area contributed by atoms with E-state index in [0.717, 1.165) is 0 Å². The van der Waals surface area contributed by atoms with Crippen molar-refractivity contribution in [2.75, 3.05) is 27.1 Å². The highest BCUT2D eigenvalue weighted by atomic mass is 16.5. The molecule has 6 nitrogen and oxygen atoms in total. The number of rotatable bonds is 4. The fourth-order valence-corrected chi connectivity index (χ4v) is 1.71. The van der Waals surface area contributed by atoms with Gasteiger partial charge in [-0.05, 0) is 12.1 Å². The van der Waals surface area contributed by atoms with Gasteiger partial charge in [-0.2, -0.15) is 0 Å². The monoisotopic (exact) mass is 261 g/mol. The molecule has 0 unspecified atom stereocenters. The molecule has 1 aromatic carbocycles. The molecule has 0 spiro atoms. The van der Waals surface area contributed by atoms with E-state index in [-0.39, 0.29) is 0 Å². The Morgan fingerprint density at radius 3 is 2.16 bits per heavy atom. The van der Waals surface area contributed by atoms with Crippen LogP contribution in [-0.4, -0.2) is 31.3 Å². The maximum atomic E-state index is 5.67. The minimum absolute atomic E-state index is 0.391. The standard InChI is InChI=1S/C13H15N3O3/c1-17-9-7-11(19-3)10(18-2)6-8(9)13-15-5-4-12(14)16-13/h4-7H,1-3H3,(H2,14,15,16). The second kappa shape index (κ2) is 5.43. The van der Waals surface area contributed by atoms with Crippen molar-refractivity contribution in [3.63, 3.8) is 0 Å². The number of anilines is 1. The zero-order chi connectivity index (χ0) is 13.8. The van der Waals surface area contributed by atoms with E-state index in [1.165, 1.54) is 0 Å². The average molecular weight is 261 g/mol. The number of hydrogen-bond acceptors (Lipinski definition) is 6. The van der Waals surface area contributed by atoms with Crippen LogP contribution in [0.2, 0.25) is 0 Å². The van der Waals surface area contributed by atoms with E-state index in [2.05, 4.69) is 9.97 Å². The topological polar surface area (TPSA) is 79.5 Å². The molecule has 2 N–H and O–H groups in total. The highest BCUT2D eigenvalue weighted by Crippen LogP contribution is 2.38. The Hall–Kier alpha value is -2.50. The van der Waals surface area contributed by atoms with Crippen LogP contribution in [0.5, 0.6) is 17.2 Å². The van der Waals surface area contributed by atoms with Crippen LogP contribution >= 0.6 is 0 Å². The third-order valence-electron chi connectivity index (χ3n) is 2.62. The fraction of sp³-hybridized carbons (Fsp3) is 0.231. The normalized spacial score (nSPS) is 10.1. The minimum atomic E-state index is 0.391. The zero-order valence-electron chi connectivity index (χ0n) is 11.0. The molecule has 19 heavy (non-hydrogen) atoms. The Kier molecular flexibility index (Phi) is 3.70. The van der Waals surface area contributed by atoms with Gasteiger partial charge in [0.25, 0.3) is 0 Å². The number of ether oxygens (including phenoxy) is 3. The predicted octanol–water partition coefficient (Wildman–Crippen LogP) is 1.75. The first-order valence-electron chi connectivity index (χ1n) is 5.58. The van der Waals surface area contributed by atoms with E-state index in [4.69, 9.17) is 19.9 Å². The van der Waals surface area contributed by atoms with Crippen LogP contribution in [-0.2, 0) is 0 Å². The first-order valence-corrected chi connectivity index (χ1v) is 5.58. The van der Waals surface area contributed by atoms with E-state index in [1.54, 1.807) is 45.7 Å². The molecule has 2 rings (SSSR count).